The first-order valence-corrected chi connectivity index (χ1v) is 8.11. The van der Waals surface area contributed by atoms with Crippen molar-refractivity contribution in [2.24, 2.45) is 5.92 Å². The fourth-order valence-electron chi connectivity index (χ4n) is 3.44. The Morgan fingerprint density at radius 3 is 2.95 bits per heavy atom. The summed E-state index contributed by atoms with van der Waals surface area (Å²) in [5.74, 6) is 1.61. The molecule has 1 fully saturated rings. The Hall–Kier alpha value is -1.60. The number of aryl methyl sites for hydroxylation is 2. The number of fused-ring (bicyclic) bond motifs is 1. The van der Waals surface area contributed by atoms with Crippen LogP contribution in [0.5, 0.6) is 0 Å². The van der Waals surface area contributed by atoms with Crippen LogP contribution in [0.3, 0.4) is 0 Å². The zero-order valence-electron chi connectivity index (χ0n) is 12.9. The first kappa shape index (κ1) is 14.3. The molecule has 4 heteroatoms. The molecule has 0 saturated carbocycles. The summed E-state index contributed by atoms with van der Waals surface area (Å²) in [6.07, 6.45) is 7.07. The van der Waals surface area contributed by atoms with Crippen LogP contribution in [0.2, 0.25) is 0 Å². The van der Waals surface area contributed by atoms with E-state index in [0.717, 1.165) is 31.1 Å². The number of hydrogen-bond donors (Lipinski definition) is 1. The highest BCUT2D eigenvalue weighted by Crippen LogP contribution is 2.25. The predicted octanol–water partition coefficient (Wildman–Crippen LogP) is 2.59. The van der Waals surface area contributed by atoms with Gasteiger partial charge in [-0.3, -0.25) is 0 Å². The number of aromatic nitrogens is 1. The molecule has 21 heavy (non-hydrogen) atoms. The lowest BCUT2D eigenvalue weighted by molar-refractivity contribution is 0.215. The minimum absolute atomic E-state index is 0.707. The Morgan fingerprint density at radius 2 is 2.19 bits per heavy atom. The molecule has 0 amide bonds. The van der Waals surface area contributed by atoms with Gasteiger partial charge in [0.25, 0.3) is 0 Å². The van der Waals surface area contributed by atoms with Gasteiger partial charge in [-0.25, -0.2) is 4.98 Å². The van der Waals surface area contributed by atoms with Crippen molar-refractivity contribution in [3.63, 3.8) is 0 Å². The summed E-state index contributed by atoms with van der Waals surface area (Å²) in [7, 11) is 2.20. The number of nitrogens with zero attached hydrogens (tertiary/aromatic N) is 3. The first-order valence-electron chi connectivity index (χ1n) is 8.11. The summed E-state index contributed by atoms with van der Waals surface area (Å²) < 4.78 is 0. The molecule has 1 saturated heterocycles. The molecule has 112 valence electrons. The van der Waals surface area contributed by atoms with Crippen molar-refractivity contribution in [3.8, 4) is 6.07 Å². The van der Waals surface area contributed by atoms with Crippen LogP contribution in [0, 0.1) is 17.2 Å². The lowest BCUT2D eigenvalue weighted by Crippen LogP contribution is -2.30. The number of piperidine rings is 1. The molecule has 0 atom stereocenters. The van der Waals surface area contributed by atoms with Crippen molar-refractivity contribution in [2.45, 2.75) is 38.5 Å². The summed E-state index contributed by atoms with van der Waals surface area (Å²) >= 11 is 0. The minimum Gasteiger partial charge on any atom is -0.369 e. The zero-order chi connectivity index (χ0) is 14.7. The third-order valence-electron chi connectivity index (χ3n) is 4.85. The zero-order valence-corrected chi connectivity index (χ0v) is 12.9. The number of likely N-dealkylation sites (tertiary alicyclic amines) is 1. The smallest absolute Gasteiger partial charge is 0.144 e. The van der Waals surface area contributed by atoms with Crippen molar-refractivity contribution in [2.75, 3.05) is 32.0 Å². The van der Waals surface area contributed by atoms with E-state index in [2.05, 4.69) is 28.3 Å². The van der Waals surface area contributed by atoms with Gasteiger partial charge in [-0.05, 0) is 76.2 Å². The molecular weight excluding hydrogens is 260 g/mol. The number of nitrogens with one attached hydrogen (secondary N) is 1. The minimum atomic E-state index is 0.707. The normalized spacial score (nSPS) is 19.2. The number of anilines is 1. The fraction of sp³-hybridized carbons (Fsp3) is 0.647. The van der Waals surface area contributed by atoms with Crippen LogP contribution in [0.1, 0.15) is 42.5 Å². The average Bonchev–Trinajstić information content (AvgIpc) is 2.95. The highest BCUT2D eigenvalue weighted by Gasteiger charge is 2.18. The third kappa shape index (κ3) is 3.36. The number of pyridine rings is 1. The van der Waals surface area contributed by atoms with Crippen molar-refractivity contribution in [1.29, 1.82) is 5.26 Å². The SMILES string of the molecule is CN1CCC(CCNc2nc3c(cc2C#N)CCC3)CC1. The molecule has 1 aromatic heterocycles. The van der Waals surface area contributed by atoms with Gasteiger partial charge in [0, 0.05) is 12.2 Å². The van der Waals surface area contributed by atoms with E-state index in [-0.39, 0.29) is 0 Å². The van der Waals surface area contributed by atoms with Crippen LogP contribution in [0.25, 0.3) is 0 Å². The molecule has 0 unspecified atom stereocenters. The predicted molar refractivity (Wildman–Crippen MR) is 84.3 cm³/mol. The second-order valence-corrected chi connectivity index (χ2v) is 6.42. The Morgan fingerprint density at radius 1 is 1.38 bits per heavy atom. The van der Waals surface area contributed by atoms with E-state index in [4.69, 9.17) is 0 Å². The second-order valence-electron chi connectivity index (χ2n) is 6.42. The second kappa shape index (κ2) is 6.44. The monoisotopic (exact) mass is 284 g/mol. The van der Waals surface area contributed by atoms with Crippen LogP contribution in [-0.4, -0.2) is 36.6 Å². The standard InChI is InChI=1S/C17H24N4/c1-21-9-6-13(7-10-21)5-8-19-17-15(12-18)11-14-3-2-4-16(14)20-17/h11,13H,2-10H2,1H3,(H,19,20). The molecule has 0 radical (unpaired) electrons. The van der Waals surface area contributed by atoms with Crippen LogP contribution < -0.4 is 5.32 Å². The average molecular weight is 284 g/mol. The molecule has 0 bridgehead atoms. The maximum Gasteiger partial charge on any atom is 0.144 e. The van der Waals surface area contributed by atoms with Crippen molar-refractivity contribution in [1.82, 2.24) is 9.88 Å². The molecule has 1 aliphatic heterocycles. The van der Waals surface area contributed by atoms with E-state index < -0.39 is 0 Å². The summed E-state index contributed by atoms with van der Waals surface area (Å²) in [5, 5.41) is 12.7. The molecule has 1 aromatic rings. The van der Waals surface area contributed by atoms with Crippen molar-refractivity contribution in [3.05, 3.63) is 22.9 Å². The molecule has 2 heterocycles. The van der Waals surface area contributed by atoms with E-state index in [0.29, 0.717) is 5.56 Å². The molecule has 1 N–H and O–H groups in total. The number of nitriles is 1. The Balaban J connectivity index is 1.57. The summed E-state index contributed by atoms with van der Waals surface area (Å²) in [5.41, 5.74) is 3.17. The van der Waals surface area contributed by atoms with E-state index >= 15 is 0 Å². The van der Waals surface area contributed by atoms with Gasteiger partial charge in [0.2, 0.25) is 0 Å². The summed E-state index contributed by atoms with van der Waals surface area (Å²) in [6, 6.07) is 4.32. The molecule has 3 rings (SSSR count). The van der Waals surface area contributed by atoms with Crippen molar-refractivity contribution < 1.29 is 0 Å². The van der Waals surface area contributed by atoms with Crippen LogP contribution in [0.15, 0.2) is 6.07 Å². The van der Waals surface area contributed by atoms with Crippen LogP contribution in [-0.2, 0) is 12.8 Å². The highest BCUT2D eigenvalue weighted by atomic mass is 15.1. The summed E-state index contributed by atoms with van der Waals surface area (Å²) in [6.45, 7) is 3.35. The van der Waals surface area contributed by atoms with Gasteiger partial charge in [-0.2, -0.15) is 5.26 Å². The highest BCUT2D eigenvalue weighted by molar-refractivity contribution is 5.55. The topological polar surface area (TPSA) is 52.0 Å². The van der Waals surface area contributed by atoms with Gasteiger partial charge in [0.1, 0.15) is 11.9 Å². The van der Waals surface area contributed by atoms with Crippen molar-refractivity contribution >= 4 is 5.82 Å². The third-order valence-corrected chi connectivity index (χ3v) is 4.85. The Kier molecular flexibility index (Phi) is 4.40. The van der Waals surface area contributed by atoms with E-state index in [1.54, 1.807) is 0 Å². The first-order chi connectivity index (χ1) is 10.3. The van der Waals surface area contributed by atoms with Crippen LogP contribution in [0.4, 0.5) is 5.82 Å². The van der Waals surface area contributed by atoms with E-state index in [1.807, 2.05) is 6.07 Å². The van der Waals surface area contributed by atoms with Gasteiger partial charge < -0.3 is 10.2 Å². The van der Waals surface area contributed by atoms with Gasteiger partial charge in [0.15, 0.2) is 0 Å². The maximum atomic E-state index is 9.29. The van der Waals surface area contributed by atoms with E-state index in [9.17, 15) is 5.26 Å². The number of rotatable bonds is 4. The Labute approximate surface area is 127 Å². The van der Waals surface area contributed by atoms with E-state index in [1.165, 1.54) is 50.0 Å². The molecule has 2 aliphatic rings. The van der Waals surface area contributed by atoms with Gasteiger partial charge in [0.05, 0.1) is 5.56 Å². The Bertz CT molecular complexity index is 538. The molecule has 1 aliphatic carbocycles. The van der Waals surface area contributed by atoms with Gasteiger partial charge in [-0.1, -0.05) is 0 Å². The largest absolute Gasteiger partial charge is 0.369 e. The lowest BCUT2D eigenvalue weighted by atomic mass is 9.94. The van der Waals surface area contributed by atoms with Crippen LogP contribution >= 0.6 is 0 Å². The molecule has 0 aromatic carbocycles. The molecular formula is C17H24N4. The van der Waals surface area contributed by atoms with Gasteiger partial charge in [-0.15, -0.1) is 0 Å². The summed E-state index contributed by atoms with van der Waals surface area (Å²) in [4.78, 5) is 7.08. The quantitative estimate of drug-likeness (QED) is 0.923. The number of hydrogen-bond acceptors (Lipinski definition) is 4. The molecule has 0 spiro atoms. The fourth-order valence-corrected chi connectivity index (χ4v) is 3.44. The maximum absolute atomic E-state index is 9.29. The lowest BCUT2D eigenvalue weighted by Gasteiger charge is -2.28. The molecule has 4 nitrogen and oxygen atoms in total. The van der Waals surface area contributed by atoms with Gasteiger partial charge >= 0.3 is 0 Å².